The Morgan fingerprint density at radius 1 is 1.35 bits per heavy atom. The van der Waals surface area contributed by atoms with Crippen LogP contribution >= 0.6 is 0 Å². The molecule has 0 aromatic heterocycles. The predicted molar refractivity (Wildman–Crippen MR) is 67.6 cm³/mol. The zero-order valence-corrected chi connectivity index (χ0v) is 11.8. The van der Waals surface area contributed by atoms with Crippen LogP contribution in [-0.2, 0) is 14.8 Å². The van der Waals surface area contributed by atoms with Crippen molar-refractivity contribution in [2.24, 2.45) is 0 Å². The number of hydrogen-bond donors (Lipinski definition) is 1. The minimum atomic E-state index is -4.07. The summed E-state index contributed by atoms with van der Waals surface area (Å²) in [6.07, 6.45) is -0.378. The molecule has 1 atom stereocenters. The first-order valence-electron chi connectivity index (χ1n) is 5.88. The summed E-state index contributed by atoms with van der Waals surface area (Å²) in [5.74, 6) is -3.56. The molecule has 0 saturated heterocycles. The van der Waals surface area contributed by atoms with E-state index in [9.17, 15) is 22.0 Å². The molecule has 112 valence electrons. The minimum absolute atomic E-state index is 0.0236. The van der Waals surface area contributed by atoms with Crippen molar-refractivity contribution in [3.05, 3.63) is 29.8 Å². The first kappa shape index (κ1) is 16.5. The van der Waals surface area contributed by atoms with Gasteiger partial charge in [0.25, 0.3) is 0 Å². The molecule has 1 unspecified atom stereocenters. The van der Waals surface area contributed by atoms with Gasteiger partial charge in [-0.05, 0) is 25.1 Å². The molecule has 0 fully saturated rings. The highest BCUT2D eigenvalue weighted by Gasteiger charge is 2.29. The second-order valence-electron chi connectivity index (χ2n) is 4.23. The van der Waals surface area contributed by atoms with Crippen molar-refractivity contribution in [1.29, 1.82) is 0 Å². The van der Waals surface area contributed by atoms with E-state index >= 15 is 0 Å². The molecule has 1 aromatic carbocycles. The number of aliphatic carboxylic acids is 1. The van der Waals surface area contributed by atoms with E-state index in [1.54, 1.807) is 0 Å². The normalized spacial score (nSPS) is 13.4. The number of carboxylic acid groups (broad SMARTS) is 1. The van der Waals surface area contributed by atoms with Crippen LogP contribution in [0.4, 0.5) is 8.78 Å². The highest BCUT2D eigenvalue weighted by atomic mass is 32.2. The van der Waals surface area contributed by atoms with E-state index in [0.717, 1.165) is 16.4 Å². The van der Waals surface area contributed by atoms with E-state index in [1.807, 2.05) is 0 Å². The molecular formula is C12H15F2NO4S. The molecule has 0 aliphatic heterocycles. The van der Waals surface area contributed by atoms with Crippen molar-refractivity contribution in [3.8, 4) is 0 Å². The van der Waals surface area contributed by atoms with Crippen LogP contribution in [0.2, 0.25) is 0 Å². The van der Waals surface area contributed by atoms with Gasteiger partial charge in [-0.25, -0.2) is 17.2 Å². The molecule has 0 aliphatic carbocycles. The summed E-state index contributed by atoms with van der Waals surface area (Å²) >= 11 is 0. The Morgan fingerprint density at radius 3 is 2.40 bits per heavy atom. The van der Waals surface area contributed by atoms with Crippen LogP contribution in [0, 0.1) is 11.6 Å². The molecule has 1 aromatic rings. The third-order valence-corrected chi connectivity index (χ3v) is 4.86. The fraction of sp³-hybridized carbons (Fsp3) is 0.417. The number of hydrogen-bond acceptors (Lipinski definition) is 3. The first-order chi connectivity index (χ1) is 9.20. The van der Waals surface area contributed by atoms with Crippen LogP contribution in [-0.4, -0.2) is 36.4 Å². The third kappa shape index (κ3) is 3.51. The summed E-state index contributed by atoms with van der Waals surface area (Å²) in [7, 11) is -4.07. The number of carbonyl (C=O) groups is 1. The average molecular weight is 307 g/mol. The van der Waals surface area contributed by atoms with Crippen molar-refractivity contribution in [3.63, 3.8) is 0 Å². The molecule has 0 spiro atoms. The first-order valence-corrected chi connectivity index (χ1v) is 7.32. The molecule has 0 radical (unpaired) electrons. The largest absolute Gasteiger partial charge is 0.481 e. The molecule has 0 amide bonds. The van der Waals surface area contributed by atoms with Gasteiger partial charge in [-0.2, -0.15) is 4.31 Å². The second-order valence-corrected chi connectivity index (χ2v) is 6.12. The van der Waals surface area contributed by atoms with Crippen LogP contribution < -0.4 is 0 Å². The predicted octanol–water partition coefficient (Wildman–Crippen LogP) is 1.84. The lowest BCUT2D eigenvalue weighted by Crippen LogP contribution is -2.39. The van der Waals surface area contributed by atoms with Gasteiger partial charge in [0, 0.05) is 12.6 Å². The highest BCUT2D eigenvalue weighted by molar-refractivity contribution is 7.89. The third-order valence-electron chi connectivity index (χ3n) is 2.77. The number of nitrogens with zero attached hydrogens (tertiary/aromatic N) is 1. The van der Waals surface area contributed by atoms with E-state index in [-0.39, 0.29) is 13.0 Å². The summed E-state index contributed by atoms with van der Waals surface area (Å²) in [6, 6.07) is 1.46. The smallest absolute Gasteiger partial charge is 0.304 e. The van der Waals surface area contributed by atoms with Gasteiger partial charge >= 0.3 is 5.97 Å². The zero-order valence-electron chi connectivity index (χ0n) is 11.0. The summed E-state index contributed by atoms with van der Waals surface area (Å²) in [5.41, 5.74) is 0. The Morgan fingerprint density at radius 2 is 1.95 bits per heavy atom. The van der Waals surface area contributed by atoms with Crippen molar-refractivity contribution < 1.29 is 27.1 Å². The van der Waals surface area contributed by atoms with Gasteiger partial charge in [-0.3, -0.25) is 4.79 Å². The molecule has 20 heavy (non-hydrogen) atoms. The number of benzene rings is 1. The Kier molecular flexibility index (Phi) is 5.18. The van der Waals surface area contributed by atoms with E-state index < -0.39 is 38.6 Å². The van der Waals surface area contributed by atoms with Crippen LogP contribution in [0.1, 0.15) is 20.3 Å². The van der Waals surface area contributed by atoms with Crippen molar-refractivity contribution >= 4 is 16.0 Å². The Balaban J connectivity index is 3.17. The lowest BCUT2D eigenvalue weighted by molar-refractivity contribution is -0.137. The zero-order chi connectivity index (χ0) is 15.5. The topological polar surface area (TPSA) is 74.7 Å². The summed E-state index contributed by atoms with van der Waals surface area (Å²) in [4.78, 5) is 10.3. The van der Waals surface area contributed by atoms with Gasteiger partial charge in [0.1, 0.15) is 0 Å². The fourth-order valence-corrected chi connectivity index (χ4v) is 3.50. The van der Waals surface area contributed by atoms with E-state index in [1.165, 1.54) is 13.8 Å². The molecule has 0 saturated carbocycles. The van der Waals surface area contributed by atoms with Crippen molar-refractivity contribution in [2.75, 3.05) is 6.54 Å². The van der Waals surface area contributed by atoms with Crippen molar-refractivity contribution in [1.82, 2.24) is 4.31 Å². The summed E-state index contributed by atoms with van der Waals surface area (Å²) in [6.45, 7) is 3.00. The SMILES string of the molecule is CCN(C(C)CC(=O)O)S(=O)(=O)c1ccc(F)c(F)c1. The molecule has 8 heteroatoms. The maximum absolute atomic E-state index is 13.1. The molecule has 0 heterocycles. The number of sulfonamides is 1. The van der Waals surface area contributed by atoms with Crippen molar-refractivity contribution in [2.45, 2.75) is 31.2 Å². The monoisotopic (exact) mass is 307 g/mol. The molecule has 0 aliphatic rings. The van der Waals surface area contributed by atoms with Gasteiger partial charge in [-0.1, -0.05) is 6.92 Å². The number of carboxylic acids is 1. The maximum Gasteiger partial charge on any atom is 0.304 e. The van der Waals surface area contributed by atoms with Gasteiger partial charge in [0.2, 0.25) is 10.0 Å². The van der Waals surface area contributed by atoms with Crippen LogP contribution in [0.25, 0.3) is 0 Å². The number of rotatable bonds is 6. The molecule has 1 N–H and O–H groups in total. The van der Waals surface area contributed by atoms with E-state index in [2.05, 4.69) is 0 Å². The Hall–Kier alpha value is -1.54. The lowest BCUT2D eigenvalue weighted by atomic mass is 10.2. The number of halogens is 2. The maximum atomic E-state index is 13.1. The van der Waals surface area contributed by atoms with E-state index in [0.29, 0.717) is 6.07 Å². The average Bonchev–Trinajstić information content (AvgIpc) is 2.31. The molecule has 1 rings (SSSR count). The van der Waals surface area contributed by atoms with Crippen LogP contribution in [0.5, 0.6) is 0 Å². The minimum Gasteiger partial charge on any atom is -0.481 e. The van der Waals surface area contributed by atoms with Gasteiger partial charge < -0.3 is 5.11 Å². The Bertz CT molecular complexity index is 603. The van der Waals surface area contributed by atoms with Gasteiger partial charge in [0.05, 0.1) is 11.3 Å². The van der Waals surface area contributed by atoms with Crippen LogP contribution in [0.15, 0.2) is 23.1 Å². The summed E-state index contributed by atoms with van der Waals surface area (Å²) < 4.78 is 51.5. The molecule has 0 bridgehead atoms. The van der Waals surface area contributed by atoms with Gasteiger partial charge in [-0.15, -0.1) is 0 Å². The molecular weight excluding hydrogens is 292 g/mol. The van der Waals surface area contributed by atoms with Gasteiger partial charge in [0.15, 0.2) is 11.6 Å². The fourth-order valence-electron chi connectivity index (χ4n) is 1.85. The quantitative estimate of drug-likeness (QED) is 0.870. The lowest BCUT2D eigenvalue weighted by Gasteiger charge is -2.26. The van der Waals surface area contributed by atoms with Crippen LogP contribution in [0.3, 0.4) is 0 Å². The summed E-state index contributed by atoms with van der Waals surface area (Å²) in [5, 5.41) is 8.71. The van der Waals surface area contributed by atoms with E-state index in [4.69, 9.17) is 5.11 Å². The Labute approximate surface area is 115 Å². The highest BCUT2D eigenvalue weighted by Crippen LogP contribution is 2.21. The standard InChI is InChI=1S/C12H15F2NO4S/c1-3-15(8(2)6-12(16)17)20(18,19)9-4-5-10(13)11(14)7-9/h4-5,7-8H,3,6H2,1-2H3,(H,16,17). The second kappa shape index (κ2) is 6.27. The molecule has 5 nitrogen and oxygen atoms in total.